The van der Waals surface area contributed by atoms with Gasteiger partial charge in [0.15, 0.2) is 11.0 Å². The third kappa shape index (κ3) is 6.45. The van der Waals surface area contributed by atoms with Gasteiger partial charge in [0.2, 0.25) is 5.91 Å². The van der Waals surface area contributed by atoms with Crippen LogP contribution < -0.4 is 15.8 Å². The van der Waals surface area contributed by atoms with Gasteiger partial charge in [-0.05, 0) is 35.7 Å². The quantitative estimate of drug-likeness (QED) is 0.327. The summed E-state index contributed by atoms with van der Waals surface area (Å²) in [5, 5.41) is 11.7. The number of nitrogens with two attached hydrogens (primary N) is 1. The Balaban J connectivity index is 1.62. The second-order valence-electron chi connectivity index (χ2n) is 7.56. The molecule has 3 N–H and O–H groups in total. The highest BCUT2D eigenvalue weighted by atomic mass is 32.2. The number of anilines is 1. The number of thioether (sulfide) groups is 1. The maximum atomic E-state index is 12.4. The molecule has 2 aromatic carbocycles. The Labute approximate surface area is 197 Å². The van der Waals surface area contributed by atoms with E-state index in [1.165, 1.54) is 17.3 Å². The van der Waals surface area contributed by atoms with Crippen LogP contribution in [0.15, 0.2) is 66.3 Å². The number of aromatic nitrogens is 3. The minimum absolute atomic E-state index is 0.0832. The summed E-state index contributed by atoms with van der Waals surface area (Å²) >= 11 is 1.23. The molecule has 8 nitrogen and oxygen atoms in total. The Morgan fingerprint density at radius 1 is 1.18 bits per heavy atom. The Kier molecular flexibility index (Phi) is 8.26. The van der Waals surface area contributed by atoms with Crippen molar-refractivity contribution in [3.8, 4) is 5.75 Å². The lowest BCUT2D eigenvalue weighted by molar-refractivity contribution is -0.113. The van der Waals surface area contributed by atoms with Crippen molar-refractivity contribution in [1.82, 2.24) is 14.8 Å². The maximum Gasteiger partial charge on any atom is 0.250 e. The molecule has 2 amide bonds. The topological polar surface area (TPSA) is 112 Å². The first-order valence-corrected chi connectivity index (χ1v) is 11.4. The average Bonchev–Trinajstić information content (AvgIpc) is 3.18. The van der Waals surface area contributed by atoms with Crippen molar-refractivity contribution in [1.29, 1.82) is 0 Å². The van der Waals surface area contributed by atoms with E-state index in [0.29, 0.717) is 29.1 Å². The Hall–Kier alpha value is -3.59. The third-order valence-corrected chi connectivity index (χ3v) is 5.79. The number of carbonyl (C=O) groups is 2. The van der Waals surface area contributed by atoms with E-state index in [0.717, 1.165) is 5.75 Å². The molecule has 0 aliphatic heterocycles. The number of ether oxygens (including phenoxy) is 1. The summed E-state index contributed by atoms with van der Waals surface area (Å²) in [5.41, 5.74) is 7.24. The van der Waals surface area contributed by atoms with E-state index in [1.54, 1.807) is 30.3 Å². The molecular formula is C24H27N5O3S. The van der Waals surface area contributed by atoms with Crippen LogP contribution in [0.4, 0.5) is 5.69 Å². The Morgan fingerprint density at radius 2 is 1.91 bits per heavy atom. The molecule has 9 heteroatoms. The van der Waals surface area contributed by atoms with Gasteiger partial charge >= 0.3 is 0 Å². The molecule has 0 aliphatic rings. The lowest BCUT2D eigenvalue weighted by atomic mass is 10.0. The van der Waals surface area contributed by atoms with Crippen LogP contribution in [0.25, 0.3) is 0 Å². The van der Waals surface area contributed by atoms with E-state index >= 15 is 0 Å². The van der Waals surface area contributed by atoms with Gasteiger partial charge in [-0.15, -0.1) is 16.8 Å². The fourth-order valence-corrected chi connectivity index (χ4v) is 3.83. The highest BCUT2D eigenvalue weighted by molar-refractivity contribution is 7.99. The zero-order valence-electron chi connectivity index (χ0n) is 18.7. The molecule has 0 saturated heterocycles. The van der Waals surface area contributed by atoms with Crippen molar-refractivity contribution in [3.63, 3.8) is 0 Å². The minimum Gasteiger partial charge on any atom is -0.486 e. The fourth-order valence-electron chi connectivity index (χ4n) is 3.07. The molecule has 1 heterocycles. The molecule has 33 heavy (non-hydrogen) atoms. The van der Waals surface area contributed by atoms with E-state index in [9.17, 15) is 9.59 Å². The maximum absolute atomic E-state index is 12.4. The summed E-state index contributed by atoms with van der Waals surface area (Å²) in [5.74, 6) is 1.02. The van der Waals surface area contributed by atoms with Crippen LogP contribution in [0.5, 0.6) is 5.75 Å². The molecule has 0 spiro atoms. The van der Waals surface area contributed by atoms with Gasteiger partial charge in [0, 0.05) is 6.54 Å². The van der Waals surface area contributed by atoms with Crippen LogP contribution in [0.2, 0.25) is 0 Å². The van der Waals surface area contributed by atoms with Gasteiger partial charge in [-0.2, -0.15) is 0 Å². The number of primary amides is 1. The van der Waals surface area contributed by atoms with E-state index in [4.69, 9.17) is 10.5 Å². The number of para-hydroxylation sites is 1. The summed E-state index contributed by atoms with van der Waals surface area (Å²) in [4.78, 5) is 24.0. The SMILES string of the molecule is C=CCn1c(COc2ccc(C(C)C)cc2)nnc1SCC(=O)Nc1ccccc1C(N)=O. The van der Waals surface area contributed by atoms with Crippen LogP contribution in [0, 0.1) is 0 Å². The molecule has 0 aliphatic carbocycles. The van der Waals surface area contributed by atoms with Gasteiger partial charge in [0.25, 0.3) is 5.91 Å². The molecule has 3 aromatic rings. The highest BCUT2D eigenvalue weighted by Crippen LogP contribution is 2.22. The lowest BCUT2D eigenvalue weighted by Gasteiger charge is -2.11. The number of hydrogen-bond acceptors (Lipinski definition) is 6. The molecule has 172 valence electrons. The zero-order chi connectivity index (χ0) is 23.8. The van der Waals surface area contributed by atoms with Gasteiger partial charge < -0.3 is 15.8 Å². The van der Waals surface area contributed by atoms with Crippen molar-refractivity contribution < 1.29 is 14.3 Å². The van der Waals surface area contributed by atoms with Gasteiger partial charge in [-0.3, -0.25) is 14.2 Å². The van der Waals surface area contributed by atoms with Crippen LogP contribution >= 0.6 is 11.8 Å². The number of benzene rings is 2. The molecular weight excluding hydrogens is 438 g/mol. The van der Waals surface area contributed by atoms with Crippen molar-refractivity contribution in [2.45, 2.75) is 38.1 Å². The summed E-state index contributed by atoms with van der Waals surface area (Å²) < 4.78 is 7.73. The largest absolute Gasteiger partial charge is 0.486 e. The van der Waals surface area contributed by atoms with Crippen molar-refractivity contribution in [2.75, 3.05) is 11.1 Å². The number of rotatable bonds is 11. The predicted octanol–water partition coefficient (Wildman–Crippen LogP) is 4.00. The number of hydrogen-bond donors (Lipinski definition) is 2. The van der Waals surface area contributed by atoms with E-state index in [-0.39, 0.29) is 23.8 Å². The number of carbonyl (C=O) groups excluding carboxylic acids is 2. The summed E-state index contributed by atoms with van der Waals surface area (Å²) in [7, 11) is 0. The molecule has 0 unspecified atom stereocenters. The second-order valence-corrected chi connectivity index (χ2v) is 8.50. The van der Waals surface area contributed by atoms with E-state index in [1.807, 2.05) is 28.8 Å². The first kappa shape index (κ1) is 24.1. The molecule has 1 aromatic heterocycles. The van der Waals surface area contributed by atoms with Gasteiger partial charge in [0.05, 0.1) is 17.0 Å². The van der Waals surface area contributed by atoms with Crippen LogP contribution in [-0.2, 0) is 17.9 Å². The first-order valence-electron chi connectivity index (χ1n) is 10.5. The number of amides is 2. The van der Waals surface area contributed by atoms with Gasteiger partial charge in [-0.25, -0.2) is 0 Å². The van der Waals surface area contributed by atoms with Crippen LogP contribution in [-0.4, -0.2) is 32.3 Å². The monoisotopic (exact) mass is 465 g/mol. The third-order valence-electron chi connectivity index (χ3n) is 4.82. The summed E-state index contributed by atoms with van der Waals surface area (Å²) in [6.45, 7) is 8.79. The summed E-state index contributed by atoms with van der Waals surface area (Å²) in [6.07, 6.45) is 1.73. The van der Waals surface area contributed by atoms with E-state index in [2.05, 4.69) is 35.9 Å². The van der Waals surface area contributed by atoms with Crippen molar-refractivity contribution in [2.24, 2.45) is 5.73 Å². The first-order chi connectivity index (χ1) is 15.9. The normalized spacial score (nSPS) is 10.8. The average molecular weight is 466 g/mol. The standard InChI is InChI=1S/C24H27N5O3S/c1-4-13-29-21(14-32-18-11-9-17(10-12-18)16(2)3)27-28-24(29)33-15-22(30)26-20-8-6-5-7-19(20)23(25)31/h4-12,16H,1,13-15H2,2-3H3,(H2,25,31)(H,26,30). The number of nitrogens with zero attached hydrogens (tertiary/aromatic N) is 3. The van der Waals surface area contributed by atoms with E-state index < -0.39 is 5.91 Å². The van der Waals surface area contributed by atoms with Gasteiger partial charge in [0.1, 0.15) is 12.4 Å². The minimum atomic E-state index is -0.604. The second kappa shape index (κ2) is 11.3. The number of nitrogens with one attached hydrogen (secondary N) is 1. The van der Waals surface area contributed by atoms with Crippen LogP contribution in [0.1, 0.15) is 41.5 Å². The molecule has 0 fully saturated rings. The van der Waals surface area contributed by atoms with Crippen molar-refractivity contribution in [3.05, 3.63) is 78.1 Å². The molecule has 0 bridgehead atoms. The van der Waals surface area contributed by atoms with Crippen LogP contribution in [0.3, 0.4) is 0 Å². The fraction of sp³-hybridized carbons (Fsp3) is 0.250. The molecule has 0 atom stereocenters. The zero-order valence-corrected chi connectivity index (χ0v) is 19.5. The molecule has 0 radical (unpaired) electrons. The lowest BCUT2D eigenvalue weighted by Crippen LogP contribution is -2.19. The van der Waals surface area contributed by atoms with Crippen molar-refractivity contribution >= 4 is 29.3 Å². The summed E-state index contributed by atoms with van der Waals surface area (Å²) in [6, 6.07) is 14.6. The Morgan fingerprint density at radius 3 is 2.58 bits per heavy atom. The predicted molar refractivity (Wildman–Crippen MR) is 129 cm³/mol. The highest BCUT2D eigenvalue weighted by Gasteiger charge is 2.15. The number of allylic oxidation sites excluding steroid dienone is 1. The van der Waals surface area contributed by atoms with Gasteiger partial charge in [-0.1, -0.05) is 56.0 Å². The Bertz CT molecular complexity index is 1130. The smallest absolute Gasteiger partial charge is 0.250 e. The molecule has 3 rings (SSSR count). The molecule has 0 saturated carbocycles.